The second-order valence-electron chi connectivity index (χ2n) is 7.01. The molecule has 164 valence electrons. The molecule has 0 aliphatic carbocycles. The molecule has 0 saturated carbocycles. The maximum atomic E-state index is 11.6. The average Bonchev–Trinajstić information content (AvgIpc) is 2.65. The molecule has 0 amide bonds. The van der Waals surface area contributed by atoms with Crippen molar-refractivity contribution in [3.05, 3.63) is 0 Å². The molecule has 3 N–H and O–H groups in total. The van der Waals surface area contributed by atoms with Gasteiger partial charge in [-0.05, 0) is 6.42 Å². The van der Waals surface area contributed by atoms with Gasteiger partial charge in [-0.3, -0.25) is 9.59 Å². The zero-order chi connectivity index (χ0) is 21.2. The quantitative estimate of drug-likeness (QED) is 0.235. The first-order valence-electron chi connectivity index (χ1n) is 10.3. The van der Waals surface area contributed by atoms with Crippen LogP contribution in [0, 0.1) is 0 Å². The highest BCUT2D eigenvalue weighted by atomic mass is 16.6. The van der Waals surface area contributed by atoms with E-state index in [1.165, 1.54) is 44.9 Å². The number of hydrogen-bond acceptors (Lipinski definition) is 7. The molecule has 8 heteroatoms. The fourth-order valence-electron chi connectivity index (χ4n) is 2.59. The number of carbonyl (C=O) groups excluding carboxylic acids is 2. The number of rotatable bonds is 18. The molecule has 0 fully saturated rings. The molecule has 2 unspecified atom stereocenters. The molecule has 0 aliphatic rings. The highest BCUT2D eigenvalue weighted by molar-refractivity contribution is 5.80. The average molecular weight is 405 g/mol. The molecule has 0 aromatic heterocycles. The third-order valence-electron chi connectivity index (χ3n) is 4.23. The largest absolute Gasteiger partial charge is 0.481 e. The lowest BCUT2D eigenvalue weighted by atomic mass is 10.1. The van der Waals surface area contributed by atoms with Crippen molar-refractivity contribution < 1.29 is 39.2 Å². The molecule has 8 nitrogen and oxygen atoms in total. The van der Waals surface area contributed by atoms with Gasteiger partial charge in [0.1, 0.15) is 19.3 Å². The van der Waals surface area contributed by atoms with E-state index < -0.39 is 43.1 Å². The maximum absolute atomic E-state index is 11.6. The molecule has 0 aromatic rings. The van der Waals surface area contributed by atoms with Crippen LogP contribution in [0.3, 0.4) is 0 Å². The van der Waals surface area contributed by atoms with E-state index in [0.29, 0.717) is 0 Å². The number of carboxylic acids is 1. The van der Waals surface area contributed by atoms with E-state index in [-0.39, 0.29) is 13.0 Å². The molecule has 0 rings (SSSR count). The van der Waals surface area contributed by atoms with E-state index in [1.807, 2.05) is 0 Å². The van der Waals surface area contributed by atoms with Gasteiger partial charge in [-0.1, -0.05) is 64.7 Å². The first-order chi connectivity index (χ1) is 13.4. The lowest BCUT2D eigenvalue weighted by Gasteiger charge is -2.13. The Morgan fingerprint density at radius 3 is 1.82 bits per heavy atom. The van der Waals surface area contributed by atoms with Crippen LogP contribution in [0.4, 0.5) is 0 Å². The number of aliphatic hydroxyl groups excluding tert-OH is 2. The number of hydrogen-bond donors (Lipinski definition) is 3. The SMILES string of the molecule is CCCCCCCCCCCCC(=O)OCC(O)COC(=O)C(O)CC(=O)O. The molecule has 0 aromatic carbocycles. The predicted octanol–water partition coefficient (Wildman–Crippen LogP) is 2.58. The van der Waals surface area contributed by atoms with Crippen molar-refractivity contribution in [1.82, 2.24) is 0 Å². The zero-order valence-electron chi connectivity index (χ0n) is 16.9. The van der Waals surface area contributed by atoms with Gasteiger partial charge >= 0.3 is 17.9 Å². The smallest absolute Gasteiger partial charge is 0.335 e. The second-order valence-corrected chi connectivity index (χ2v) is 7.01. The Morgan fingerprint density at radius 2 is 1.29 bits per heavy atom. The van der Waals surface area contributed by atoms with Crippen LogP contribution in [-0.2, 0) is 23.9 Å². The predicted molar refractivity (Wildman–Crippen MR) is 103 cm³/mol. The highest BCUT2D eigenvalue weighted by Crippen LogP contribution is 2.11. The van der Waals surface area contributed by atoms with Crippen molar-refractivity contribution >= 4 is 17.9 Å². The normalized spacial score (nSPS) is 13.0. The summed E-state index contributed by atoms with van der Waals surface area (Å²) in [6.45, 7) is 1.40. The summed E-state index contributed by atoms with van der Waals surface area (Å²) in [5.74, 6) is -2.90. The number of unbranched alkanes of at least 4 members (excludes halogenated alkanes) is 9. The van der Waals surface area contributed by atoms with Gasteiger partial charge in [-0.25, -0.2) is 4.79 Å². The molecular formula is C20H36O8. The Kier molecular flexibility index (Phi) is 16.4. The van der Waals surface area contributed by atoms with Crippen molar-refractivity contribution in [2.75, 3.05) is 13.2 Å². The number of carbonyl (C=O) groups is 3. The summed E-state index contributed by atoms with van der Waals surface area (Å²) in [6, 6.07) is 0. The molecule has 0 bridgehead atoms. The molecule has 0 spiro atoms. The van der Waals surface area contributed by atoms with Crippen molar-refractivity contribution in [2.45, 2.75) is 96.2 Å². The monoisotopic (exact) mass is 404 g/mol. The summed E-state index contributed by atoms with van der Waals surface area (Å²) in [4.78, 5) is 33.2. The Hall–Kier alpha value is -1.67. The van der Waals surface area contributed by atoms with Crippen molar-refractivity contribution in [2.24, 2.45) is 0 Å². The van der Waals surface area contributed by atoms with E-state index >= 15 is 0 Å². The third-order valence-corrected chi connectivity index (χ3v) is 4.23. The molecule has 28 heavy (non-hydrogen) atoms. The third kappa shape index (κ3) is 16.5. The molecular weight excluding hydrogens is 368 g/mol. The zero-order valence-corrected chi connectivity index (χ0v) is 16.9. The Bertz CT molecular complexity index is 438. The van der Waals surface area contributed by atoms with Gasteiger partial charge in [-0.2, -0.15) is 0 Å². The number of aliphatic carboxylic acids is 1. The minimum atomic E-state index is -1.79. The molecule has 2 atom stereocenters. The molecule has 0 aliphatic heterocycles. The van der Waals surface area contributed by atoms with Gasteiger partial charge in [0, 0.05) is 6.42 Å². The fraction of sp³-hybridized carbons (Fsp3) is 0.850. The van der Waals surface area contributed by atoms with Crippen LogP contribution in [0.1, 0.15) is 84.0 Å². The first-order valence-corrected chi connectivity index (χ1v) is 10.3. The minimum Gasteiger partial charge on any atom is -0.481 e. The lowest BCUT2D eigenvalue weighted by molar-refractivity contribution is -0.162. The van der Waals surface area contributed by atoms with E-state index in [0.717, 1.165) is 19.3 Å². The number of carboxylic acid groups (broad SMARTS) is 1. The van der Waals surface area contributed by atoms with Crippen LogP contribution in [0.15, 0.2) is 0 Å². The minimum absolute atomic E-state index is 0.278. The van der Waals surface area contributed by atoms with Crippen molar-refractivity contribution in [1.29, 1.82) is 0 Å². The standard InChI is InChI=1S/C20H36O8/c1-2-3-4-5-6-7-8-9-10-11-12-19(25)27-14-16(21)15-28-20(26)17(22)13-18(23)24/h16-17,21-22H,2-15H2,1H3,(H,23,24). The molecule has 0 heterocycles. The fourth-order valence-corrected chi connectivity index (χ4v) is 2.59. The maximum Gasteiger partial charge on any atom is 0.335 e. The number of esters is 2. The van der Waals surface area contributed by atoms with Crippen LogP contribution >= 0.6 is 0 Å². The van der Waals surface area contributed by atoms with Crippen LogP contribution in [-0.4, -0.2) is 58.6 Å². The molecule has 0 radical (unpaired) electrons. The van der Waals surface area contributed by atoms with Crippen molar-refractivity contribution in [3.63, 3.8) is 0 Å². The Labute approximate surface area is 167 Å². The number of aliphatic hydroxyl groups is 2. The topological polar surface area (TPSA) is 130 Å². The second kappa shape index (κ2) is 17.4. The van der Waals surface area contributed by atoms with Crippen LogP contribution in [0.5, 0.6) is 0 Å². The molecule has 0 saturated heterocycles. The van der Waals surface area contributed by atoms with E-state index in [1.54, 1.807) is 0 Å². The highest BCUT2D eigenvalue weighted by Gasteiger charge is 2.21. The van der Waals surface area contributed by atoms with E-state index in [4.69, 9.17) is 9.84 Å². The summed E-state index contributed by atoms with van der Waals surface area (Å²) >= 11 is 0. The summed E-state index contributed by atoms with van der Waals surface area (Å²) < 4.78 is 9.48. The van der Waals surface area contributed by atoms with Gasteiger partial charge in [0.2, 0.25) is 0 Å². The Morgan fingerprint density at radius 1 is 0.786 bits per heavy atom. The first kappa shape index (κ1) is 26.3. The van der Waals surface area contributed by atoms with Crippen LogP contribution in [0.2, 0.25) is 0 Å². The van der Waals surface area contributed by atoms with Gasteiger partial charge in [0.15, 0.2) is 6.10 Å². The van der Waals surface area contributed by atoms with Gasteiger partial charge in [0.05, 0.1) is 6.42 Å². The van der Waals surface area contributed by atoms with Crippen LogP contribution in [0.25, 0.3) is 0 Å². The lowest BCUT2D eigenvalue weighted by Crippen LogP contribution is -2.31. The summed E-state index contributed by atoms with van der Waals surface area (Å²) in [5, 5.41) is 27.3. The van der Waals surface area contributed by atoms with Gasteiger partial charge in [-0.15, -0.1) is 0 Å². The van der Waals surface area contributed by atoms with Gasteiger partial charge < -0.3 is 24.8 Å². The summed E-state index contributed by atoms with van der Waals surface area (Å²) in [5.41, 5.74) is 0. The van der Waals surface area contributed by atoms with E-state index in [2.05, 4.69) is 11.7 Å². The number of ether oxygens (including phenoxy) is 2. The van der Waals surface area contributed by atoms with Crippen molar-refractivity contribution in [3.8, 4) is 0 Å². The van der Waals surface area contributed by atoms with Gasteiger partial charge in [0.25, 0.3) is 0 Å². The van der Waals surface area contributed by atoms with Crippen LogP contribution < -0.4 is 0 Å². The van der Waals surface area contributed by atoms with E-state index in [9.17, 15) is 24.6 Å². The Balaban J connectivity index is 3.57. The summed E-state index contributed by atoms with van der Waals surface area (Å²) in [7, 11) is 0. The summed E-state index contributed by atoms with van der Waals surface area (Å²) in [6.07, 6.45) is 8.17.